The van der Waals surface area contributed by atoms with Crippen molar-refractivity contribution >= 4 is 17.7 Å². The highest BCUT2D eigenvalue weighted by Crippen LogP contribution is 2.30. The van der Waals surface area contributed by atoms with Gasteiger partial charge in [0.15, 0.2) is 0 Å². The molecule has 5 heteroatoms. The number of β-amino-alcohol motifs (C(OH)–C–C–N with tert-alkyl or cyclic N) is 1. The molecule has 1 amide bonds. The van der Waals surface area contributed by atoms with Crippen molar-refractivity contribution in [1.82, 2.24) is 9.80 Å². The topological polar surface area (TPSA) is 43.8 Å². The first kappa shape index (κ1) is 19.0. The van der Waals surface area contributed by atoms with Crippen LogP contribution in [0, 0.1) is 0 Å². The molecule has 3 rings (SSSR count). The Balaban J connectivity index is 1.81. The van der Waals surface area contributed by atoms with Crippen LogP contribution in [-0.4, -0.2) is 66.4 Å². The molecule has 0 spiro atoms. The van der Waals surface area contributed by atoms with Gasteiger partial charge in [-0.15, -0.1) is 11.8 Å². The van der Waals surface area contributed by atoms with Crippen LogP contribution >= 0.6 is 11.8 Å². The normalized spacial score (nSPS) is 20.4. The van der Waals surface area contributed by atoms with Crippen molar-refractivity contribution in [2.75, 3.05) is 33.4 Å². The van der Waals surface area contributed by atoms with E-state index in [9.17, 15) is 9.90 Å². The highest BCUT2D eigenvalue weighted by molar-refractivity contribution is 7.98. The summed E-state index contributed by atoms with van der Waals surface area (Å²) in [5.41, 5.74) is 2.86. The number of aliphatic hydroxyl groups is 1. The molecule has 1 aliphatic rings. The molecule has 2 unspecified atom stereocenters. The lowest BCUT2D eigenvalue weighted by molar-refractivity contribution is 0.00608. The maximum Gasteiger partial charge on any atom is 0.253 e. The minimum Gasteiger partial charge on any atom is -0.390 e. The van der Waals surface area contributed by atoms with Crippen LogP contribution in [0.5, 0.6) is 0 Å². The van der Waals surface area contributed by atoms with Crippen molar-refractivity contribution in [3.05, 3.63) is 54.1 Å². The lowest BCUT2D eigenvalue weighted by Gasteiger charge is -2.39. The van der Waals surface area contributed by atoms with Gasteiger partial charge in [0.2, 0.25) is 0 Å². The van der Waals surface area contributed by atoms with Gasteiger partial charge >= 0.3 is 0 Å². The highest BCUT2D eigenvalue weighted by Gasteiger charge is 2.31. The van der Waals surface area contributed by atoms with E-state index in [2.05, 4.69) is 18.4 Å². The maximum absolute atomic E-state index is 13.0. The summed E-state index contributed by atoms with van der Waals surface area (Å²) >= 11 is 1.70. The molecule has 0 saturated carbocycles. The molecule has 0 aliphatic carbocycles. The number of carbonyl (C=O) groups is 1. The third-order valence-electron chi connectivity index (χ3n) is 5.02. The number of hydrogen-bond acceptors (Lipinski definition) is 4. The van der Waals surface area contributed by atoms with Gasteiger partial charge in [0.05, 0.1) is 6.10 Å². The van der Waals surface area contributed by atoms with Crippen molar-refractivity contribution in [2.24, 2.45) is 0 Å². The number of likely N-dealkylation sites (N-methyl/N-ethyl adjacent to an activating group) is 1. The first-order valence-electron chi connectivity index (χ1n) is 8.88. The van der Waals surface area contributed by atoms with Crippen LogP contribution in [0.4, 0.5) is 0 Å². The summed E-state index contributed by atoms with van der Waals surface area (Å²) < 4.78 is 0. The van der Waals surface area contributed by atoms with E-state index in [1.807, 2.05) is 55.4 Å². The minimum atomic E-state index is -0.511. The molecule has 2 aromatic carbocycles. The molecular formula is C21H26N2O2S. The zero-order chi connectivity index (χ0) is 18.7. The number of hydrogen-bond donors (Lipinski definition) is 1. The van der Waals surface area contributed by atoms with E-state index in [4.69, 9.17) is 0 Å². The predicted molar refractivity (Wildman–Crippen MR) is 108 cm³/mol. The molecule has 0 bridgehead atoms. The Hall–Kier alpha value is -1.82. The fraction of sp³-hybridized carbons (Fsp3) is 0.381. The number of likely N-dealkylation sites (tertiary alicyclic amines) is 1. The van der Waals surface area contributed by atoms with Crippen LogP contribution in [0.3, 0.4) is 0 Å². The van der Waals surface area contributed by atoms with Gasteiger partial charge in [0.1, 0.15) is 0 Å². The number of carbonyl (C=O) groups excluding carboxylic acids is 1. The number of benzene rings is 2. The standard InChI is InChI=1S/C21H26N2O2S/c1-22(2)18-11-12-23(14-19(18)24)21(25)16-8-6-7-15(13-16)17-9-4-5-10-20(17)26-3/h4-10,13,18-19,24H,11-12,14H2,1-3H3. The number of aliphatic hydroxyl groups excluding tert-OH is 1. The van der Waals surface area contributed by atoms with Gasteiger partial charge in [-0.1, -0.05) is 30.3 Å². The molecule has 0 aromatic heterocycles. The Bertz CT molecular complexity index is 778. The Labute approximate surface area is 159 Å². The van der Waals surface area contributed by atoms with Crippen molar-refractivity contribution in [1.29, 1.82) is 0 Å². The molecule has 138 valence electrons. The molecule has 0 radical (unpaired) electrons. The Kier molecular flexibility index (Phi) is 6.01. The van der Waals surface area contributed by atoms with E-state index in [1.54, 1.807) is 16.7 Å². The van der Waals surface area contributed by atoms with Gasteiger partial charge in [-0.25, -0.2) is 0 Å². The van der Waals surface area contributed by atoms with Crippen molar-refractivity contribution in [2.45, 2.75) is 23.5 Å². The van der Waals surface area contributed by atoms with E-state index in [-0.39, 0.29) is 11.9 Å². The summed E-state index contributed by atoms with van der Waals surface area (Å²) in [7, 11) is 3.94. The largest absolute Gasteiger partial charge is 0.390 e. The molecule has 2 atom stereocenters. The smallest absolute Gasteiger partial charge is 0.253 e. The van der Waals surface area contributed by atoms with Gasteiger partial charge < -0.3 is 14.9 Å². The minimum absolute atomic E-state index is 0.00950. The summed E-state index contributed by atoms with van der Waals surface area (Å²) in [6, 6.07) is 16.1. The molecule has 1 N–H and O–H groups in total. The van der Waals surface area contributed by atoms with Crippen LogP contribution in [0.25, 0.3) is 11.1 Å². The molecule has 2 aromatic rings. The number of piperidine rings is 1. The fourth-order valence-electron chi connectivity index (χ4n) is 3.59. The zero-order valence-electron chi connectivity index (χ0n) is 15.6. The highest BCUT2D eigenvalue weighted by atomic mass is 32.2. The lowest BCUT2D eigenvalue weighted by atomic mass is 9.99. The maximum atomic E-state index is 13.0. The average Bonchev–Trinajstić information content (AvgIpc) is 2.67. The first-order valence-corrected chi connectivity index (χ1v) is 10.1. The third-order valence-corrected chi connectivity index (χ3v) is 5.82. The fourth-order valence-corrected chi connectivity index (χ4v) is 4.21. The van der Waals surface area contributed by atoms with Crippen LogP contribution in [-0.2, 0) is 0 Å². The Morgan fingerprint density at radius 2 is 1.96 bits per heavy atom. The molecule has 1 heterocycles. The molecule has 4 nitrogen and oxygen atoms in total. The summed E-state index contributed by atoms with van der Waals surface area (Å²) in [6.07, 6.45) is 2.34. The van der Waals surface area contributed by atoms with Crippen molar-refractivity contribution < 1.29 is 9.90 Å². The van der Waals surface area contributed by atoms with Crippen LogP contribution in [0.2, 0.25) is 0 Å². The van der Waals surface area contributed by atoms with Crippen LogP contribution in [0.15, 0.2) is 53.4 Å². The molecule has 1 saturated heterocycles. The third kappa shape index (κ3) is 3.95. The van der Waals surface area contributed by atoms with Gasteiger partial charge in [-0.05, 0) is 56.1 Å². The van der Waals surface area contributed by atoms with E-state index >= 15 is 0 Å². The Morgan fingerprint density at radius 3 is 2.65 bits per heavy atom. The van der Waals surface area contributed by atoms with E-state index in [0.29, 0.717) is 18.7 Å². The zero-order valence-corrected chi connectivity index (χ0v) is 16.4. The quantitative estimate of drug-likeness (QED) is 0.840. The van der Waals surface area contributed by atoms with Gasteiger partial charge in [-0.2, -0.15) is 0 Å². The second-order valence-corrected chi connectivity index (χ2v) is 7.77. The van der Waals surface area contributed by atoms with Crippen molar-refractivity contribution in [3.8, 4) is 11.1 Å². The van der Waals surface area contributed by atoms with Gasteiger partial charge in [0, 0.05) is 29.6 Å². The second kappa shape index (κ2) is 8.25. The number of amides is 1. The summed E-state index contributed by atoms with van der Waals surface area (Å²) in [6.45, 7) is 1.05. The monoisotopic (exact) mass is 370 g/mol. The van der Waals surface area contributed by atoms with Gasteiger partial charge in [-0.3, -0.25) is 4.79 Å². The first-order chi connectivity index (χ1) is 12.5. The SMILES string of the molecule is CSc1ccccc1-c1cccc(C(=O)N2CCC(N(C)C)C(O)C2)c1. The number of thioether (sulfide) groups is 1. The summed E-state index contributed by atoms with van der Waals surface area (Å²) in [5.74, 6) is -0.00950. The van der Waals surface area contributed by atoms with E-state index in [1.165, 1.54) is 4.90 Å². The molecule has 1 fully saturated rings. The Morgan fingerprint density at radius 1 is 1.19 bits per heavy atom. The van der Waals surface area contributed by atoms with Crippen molar-refractivity contribution in [3.63, 3.8) is 0 Å². The lowest BCUT2D eigenvalue weighted by Crippen LogP contribution is -2.53. The molecule has 1 aliphatic heterocycles. The average molecular weight is 371 g/mol. The predicted octanol–water partition coefficient (Wildman–Crippen LogP) is 3.21. The summed E-state index contributed by atoms with van der Waals surface area (Å²) in [4.78, 5) is 18.0. The number of nitrogens with zero attached hydrogens (tertiary/aromatic N) is 2. The van der Waals surface area contributed by atoms with E-state index in [0.717, 1.165) is 17.5 Å². The molecule has 26 heavy (non-hydrogen) atoms. The van der Waals surface area contributed by atoms with E-state index < -0.39 is 6.10 Å². The van der Waals surface area contributed by atoms with Crippen LogP contribution in [0.1, 0.15) is 16.8 Å². The van der Waals surface area contributed by atoms with Gasteiger partial charge in [0.25, 0.3) is 5.91 Å². The second-order valence-electron chi connectivity index (χ2n) is 6.92. The molecular weight excluding hydrogens is 344 g/mol. The van der Waals surface area contributed by atoms with Crippen LogP contribution < -0.4 is 0 Å². The summed E-state index contributed by atoms with van der Waals surface area (Å²) in [5, 5.41) is 10.4. The number of rotatable bonds is 4.